The number of aromatic nitrogens is 2. The van der Waals surface area contributed by atoms with Gasteiger partial charge in [0.15, 0.2) is 5.82 Å². The minimum Gasteiger partial charge on any atom is -0.339 e. The van der Waals surface area contributed by atoms with Gasteiger partial charge in [-0.2, -0.15) is 4.98 Å². The Morgan fingerprint density at radius 2 is 2.04 bits per heavy atom. The molecule has 142 valence electrons. The number of carbonyl (C=O) groups excluding carboxylic acids is 2. The highest BCUT2D eigenvalue weighted by molar-refractivity contribution is 6.09. The average Bonchev–Trinajstić information content (AvgIpc) is 3.25. The zero-order valence-electron chi connectivity index (χ0n) is 15.5. The number of nitrogens with zero attached hydrogens (tertiary/aromatic N) is 4. The first kappa shape index (κ1) is 17.7. The molecule has 7 nitrogen and oxygen atoms in total. The normalized spacial score (nSPS) is 20.0. The highest BCUT2D eigenvalue weighted by Gasteiger charge is 2.39. The van der Waals surface area contributed by atoms with E-state index >= 15 is 0 Å². The standard InChI is InChI=1S/C20H24N4O3/c1-2-23(13-17-21-18(27-22-17)14-7-6-8-14)19(25)16-11-12-24(20(16)26)15-9-4-3-5-10-15/h3-5,9-10,14,16H,2,6-8,11-13H2,1H3/t16-/m1/s1. The Hall–Kier alpha value is -2.70. The smallest absolute Gasteiger partial charge is 0.239 e. The van der Waals surface area contributed by atoms with Crippen LogP contribution in [0.4, 0.5) is 5.69 Å². The van der Waals surface area contributed by atoms with Gasteiger partial charge in [0.2, 0.25) is 17.7 Å². The van der Waals surface area contributed by atoms with Crippen molar-refractivity contribution < 1.29 is 14.1 Å². The van der Waals surface area contributed by atoms with Crippen molar-refractivity contribution in [1.29, 1.82) is 0 Å². The Bertz CT molecular complexity index is 816. The third kappa shape index (κ3) is 3.46. The highest BCUT2D eigenvalue weighted by Crippen LogP contribution is 2.35. The molecule has 2 aliphatic rings. The fourth-order valence-corrected chi connectivity index (χ4v) is 3.66. The minimum absolute atomic E-state index is 0.132. The van der Waals surface area contributed by atoms with E-state index in [1.165, 1.54) is 6.42 Å². The number of anilines is 1. The summed E-state index contributed by atoms with van der Waals surface area (Å²) < 4.78 is 5.34. The van der Waals surface area contributed by atoms with Gasteiger partial charge in [0.25, 0.3) is 0 Å². The lowest BCUT2D eigenvalue weighted by atomic mass is 9.85. The third-order valence-corrected chi connectivity index (χ3v) is 5.54. The lowest BCUT2D eigenvalue weighted by molar-refractivity contribution is -0.140. The van der Waals surface area contributed by atoms with E-state index in [1.54, 1.807) is 9.80 Å². The topological polar surface area (TPSA) is 79.5 Å². The third-order valence-electron chi connectivity index (χ3n) is 5.54. The van der Waals surface area contributed by atoms with E-state index in [1.807, 2.05) is 37.3 Å². The van der Waals surface area contributed by atoms with E-state index < -0.39 is 5.92 Å². The monoisotopic (exact) mass is 368 g/mol. The Kier molecular flexibility index (Phi) is 4.92. The fourth-order valence-electron chi connectivity index (χ4n) is 3.66. The van der Waals surface area contributed by atoms with Crippen molar-refractivity contribution in [2.75, 3.05) is 18.0 Å². The van der Waals surface area contributed by atoms with Crippen molar-refractivity contribution in [2.24, 2.45) is 5.92 Å². The molecular formula is C20H24N4O3. The summed E-state index contributed by atoms with van der Waals surface area (Å²) in [6, 6.07) is 9.49. The molecule has 2 heterocycles. The number of amides is 2. The van der Waals surface area contributed by atoms with E-state index in [2.05, 4.69) is 10.1 Å². The molecule has 2 aromatic rings. The van der Waals surface area contributed by atoms with Gasteiger partial charge in [-0.1, -0.05) is 29.8 Å². The van der Waals surface area contributed by atoms with Crippen molar-refractivity contribution in [3.8, 4) is 0 Å². The van der Waals surface area contributed by atoms with Crippen LogP contribution in [0.1, 0.15) is 50.2 Å². The molecule has 1 atom stereocenters. The quantitative estimate of drug-likeness (QED) is 0.733. The molecule has 1 aliphatic heterocycles. The molecule has 1 saturated carbocycles. The molecule has 0 N–H and O–H groups in total. The first-order chi connectivity index (χ1) is 13.2. The maximum atomic E-state index is 13.0. The van der Waals surface area contributed by atoms with Gasteiger partial charge >= 0.3 is 0 Å². The summed E-state index contributed by atoms with van der Waals surface area (Å²) in [6.45, 7) is 3.24. The Morgan fingerprint density at radius 3 is 2.70 bits per heavy atom. The minimum atomic E-state index is -0.636. The van der Waals surface area contributed by atoms with E-state index in [0.29, 0.717) is 37.1 Å². The first-order valence-electron chi connectivity index (χ1n) is 9.65. The summed E-state index contributed by atoms with van der Waals surface area (Å²) in [5, 5.41) is 4.02. The van der Waals surface area contributed by atoms with Crippen molar-refractivity contribution in [2.45, 2.75) is 45.1 Å². The Morgan fingerprint density at radius 1 is 1.26 bits per heavy atom. The van der Waals surface area contributed by atoms with Crippen LogP contribution in [0.5, 0.6) is 0 Å². The zero-order valence-corrected chi connectivity index (χ0v) is 15.5. The number of hydrogen-bond donors (Lipinski definition) is 0. The van der Waals surface area contributed by atoms with Gasteiger partial charge in [-0.15, -0.1) is 0 Å². The van der Waals surface area contributed by atoms with Gasteiger partial charge in [0.05, 0.1) is 6.54 Å². The summed E-state index contributed by atoms with van der Waals surface area (Å²) >= 11 is 0. The van der Waals surface area contributed by atoms with Crippen LogP contribution < -0.4 is 4.90 Å². The summed E-state index contributed by atoms with van der Waals surface area (Å²) in [7, 11) is 0. The van der Waals surface area contributed by atoms with Crippen LogP contribution in [-0.2, 0) is 16.1 Å². The van der Waals surface area contributed by atoms with Gasteiger partial charge in [0.1, 0.15) is 5.92 Å². The number of para-hydroxylation sites is 1. The molecule has 0 unspecified atom stereocenters. The van der Waals surface area contributed by atoms with Gasteiger partial charge in [-0.05, 0) is 38.3 Å². The van der Waals surface area contributed by atoms with Crippen molar-refractivity contribution in [3.05, 3.63) is 42.0 Å². The Balaban J connectivity index is 1.42. The second kappa shape index (κ2) is 7.50. The van der Waals surface area contributed by atoms with Crippen LogP contribution in [0.3, 0.4) is 0 Å². The van der Waals surface area contributed by atoms with Crippen LogP contribution >= 0.6 is 0 Å². The molecular weight excluding hydrogens is 344 g/mol. The molecule has 1 aliphatic carbocycles. The van der Waals surface area contributed by atoms with Gasteiger partial charge < -0.3 is 14.3 Å². The van der Waals surface area contributed by atoms with E-state index in [4.69, 9.17) is 4.52 Å². The zero-order chi connectivity index (χ0) is 18.8. The predicted molar refractivity (Wildman–Crippen MR) is 98.9 cm³/mol. The van der Waals surface area contributed by atoms with Gasteiger partial charge in [0, 0.05) is 24.7 Å². The van der Waals surface area contributed by atoms with E-state index in [9.17, 15) is 9.59 Å². The summed E-state index contributed by atoms with van der Waals surface area (Å²) in [5.41, 5.74) is 0.837. The average molecular weight is 368 g/mol. The maximum Gasteiger partial charge on any atom is 0.239 e. The Labute approximate surface area is 158 Å². The second-order valence-corrected chi connectivity index (χ2v) is 7.20. The summed E-state index contributed by atoms with van der Waals surface area (Å²) in [4.78, 5) is 33.5. The molecule has 7 heteroatoms. The fraction of sp³-hybridized carbons (Fsp3) is 0.500. The molecule has 27 heavy (non-hydrogen) atoms. The lowest BCUT2D eigenvalue weighted by Crippen LogP contribution is -2.40. The van der Waals surface area contributed by atoms with Crippen molar-refractivity contribution >= 4 is 17.5 Å². The molecule has 4 rings (SSSR count). The lowest BCUT2D eigenvalue weighted by Gasteiger charge is -2.23. The van der Waals surface area contributed by atoms with Crippen molar-refractivity contribution in [3.63, 3.8) is 0 Å². The summed E-state index contributed by atoms with van der Waals surface area (Å²) in [5.74, 6) is 0.629. The number of benzene rings is 1. The van der Waals surface area contributed by atoms with Crippen LogP contribution in [0.2, 0.25) is 0 Å². The highest BCUT2D eigenvalue weighted by atomic mass is 16.5. The number of rotatable bonds is 6. The molecule has 0 bridgehead atoms. The molecule has 1 aromatic heterocycles. The second-order valence-electron chi connectivity index (χ2n) is 7.20. The van der Waals surface area contributed by atoms with Gasteiger partial charge in [-0.3, -0.25) is 9.59 Å². The van der Waals surface area contributed by atoms with Gasteiger partial charge in [-0.25, -0.2) is 0 Å². The van der Waals surface area contributed by atoms with E-state index in [0.717, 1.165) is 18.5 Å². The van der Waals surface area contributed by atoms with Crippen LogP contribution in [0.25, 0.3) is 0 Å². The largest absolute Gasteiger partial charge is 0.339 e. The molecule has 2 fully saturated rings. The molecule has 1 saturated heterocycles. The van der Waals surface area contributed by atoms with Crippen LogP contribution in [0, 0.1) is 5.92 Å². The molecule has 2 amide bonds. The first-order valence-corrected chi connectivity index (χ1v) is 9.65. The van der Waals surface area contributed by atoms with Crippen molar-refractivity contribution in [1.82, 2.24) is 15.0 Å². The maximum absolute atomic E-state index is 13.0. The molecule has 1 aromatic carbocycles. The summed E-state index contributed by atoms with van der Waals surface area (Å²) in [6.07, 6.45) is 3.90. The number of carbonyl (C=O) groups is 2. The SMILES string of the molecule is CCN(Cc1noc(C2CCC2)n1)C(=O)[C@H]1CCN(c2ccccc2)C1=O. The molecule has 0 radical (unpaired) electrons. The van der Waals surface area contributed by atoms with E-state index in [-0.39, 0.29) is 18.4 Å². The number of hydrogen-bond acceptors (Lipinski definition) is 5. The van der Waals surface area contributed by atoms with Crippen LogP contribution in [-0.4, -0.2) is 39.9 Å². The van der Waals surface area contributed by atoms with Crippen LogP contribution in [0.15, 0.2) is 34.9 Å². The molecule has 0 spiro atoms. The predicted octanol–water partition coefficient (Wildman–Crippen LogP) is 2.74.